The summed E-state index contributed by atoms with van der Waals surface area (Å²) in [4.78, 5) is 11.5. The summed E-state index contributed by atoms with van der Waals surface area (Å²) in [6, 6.07) is 8.02. The first kappa shape index (κ1) is 13.8. The van der Waals surface area contributed by atoms with Crippen LogP contribution in [0.15, 0.2) is 24.3 Å². The van der Waals surface area contributed by atoms with Crippen molar-refractivity contribution in [2.24, 2.45) is 5.92 Å². The van der Waals surface area contributed by atoms with E-state index in [1.54, 1.807) is 0 Å². The number of rotatable bonds is 6. The maximum Gasteiger partial charge on any atom is 0.138 e. The second-order valence-electron chi connectivity index (χ2n) is 4.91. The van der Waals surface area contributed by atoms with Crippen molar-refractivity contribution in [1.82, 2.24) is 0 Å². The van der Waals surface area contributed by atoms with Crippen LogP contribution < -0.4 is 4.74 Å². The molecule has 0 saturated carbocycles. The van der Waals surface area contributed by atoms with Crippen molar-refractivity contribution in [2.75, 3.05) is 6.61 Å². The van der Waals surface area contributed by atoms with Gasteiger partial charge in [0.15, 0.2) is 0 Å². The van der Waals surface area contributed by atoms with Gasteiger partial charge in [-0.25, -0.2) is 0 Å². The fourth-order valence-corrected chi connectivity index (χ4v) is 1.64. The first-order valence-corrected chi connectivity index (χ1v) is 6.26. The molecule has 1 aromatic rings. The lowest BCUT2D eigenvalue weighted by Crippen LogP contribution is -2.12. The third-order valence-electron chi connectivity index (χ3n) is 2.79. The Balaban J connectivity index is 2.55. The molecule has 0 N–H and O–H groups in total. The van der Waals surface area contributed by atoms with Crippen LogP contribution in [0.4, 0.5) is 0 Å². The highest BCUT2D eigenvalue weighted by Gasteiger charge is 2.09. The number of ether oxygens (including phenoxy) is 1. The van der Waals surface area contributed by atoms with Crippen LogP contribution in [-0.2, 0) is 4.79 Å². The molecular formula is C15H22O2. The number of benzene rings is 1. The number of Topliss-reactive ketones (excluding diaryl/α,β-unsaturated/α-hetero) is 1. The smallest absolute Gasteiger partial charge is 0.138 e. The van der Waals surface area contributed by atoms with Gasteiger partial charge in [-0.2, -0.15) is 0 Å². The number of hydrogen-bond acceptors (Lipinski definition) is 2. The van der Waals surface area contributed by atoms with Gasteiger partial charge in [0.2, 0.25) is 0 Å². The molecule has 0 unspecified atom stereocenters. The lowest BCUT2D eigenvalue weighted by atomic mass is 10.0. The summed E-state index contributed by atoms with van der Waals surface area (Å²) >= 11 is 0. The molecule has 0 aliphatic carbocycles. The van der Waals surface area contributed by atoms with Crippen molar-refractivity contribution in [3.63, 3.8) is 0 Å². The number of carbonyl (C=O) groups excluding carboxylic acids is 1. The molecule has 2 nitrogen and oxygen atoms in total. The Hall–Kier alpha value is -1.31. The molecule has 0 bridgehead atoms. The highest BCUT2D eigenvalue weighted by molar-refractivity contribution is 5.80. The van der Waals surface area contributed by atoms with Crippen molar-refractivity contribution in [2.45, 2.75) is 40.0 Å². The van der Waals surface area contributed by atoms with E-state index in [2.05, 4.69) is 19.9 Å². The predicted molar refractivity (Wildman–Crippen MR) is 70.5 cm³/mol. The lowest BCUT2D eigenvalue weighted by Gasteiger charge is -2.13. The van der Waals surface area contributed by atoms with E-state index in [4.69, 9.17) is 4.74 Å². The zero-order chi connectivity index (χ0) is 12.8. The van der Waals surface area contributed by atoms with Gasteiger partial charge >= 0.3 is 0 Å². The Kier molecular flexibility index (Phi) is 5.20. The van der Waals surface area contributed by atoms with Crippen molar-refractivity contribution in [3.8, 4) is 5.75 Å². The fraction of sp³-hybridized carbons (Fsp3) is 0.533. The molecular weight excluding hydrogens is 212 g/mol. The summed E-state index contributed by atoms with van der Waals surface area (Å²) in [5.41, 5.74) is 1.20. The summed E-state index contributed by atoms with van der Waals surface area (Å²) < 4.78 is 5.70. The Labute approximate surface area is 104 Å². The summed E-state index contributed by atoms with van der Waals surface area (Å²) in [6.45, 7) is 8.60. The monoisotopic (exact) mass is 234 g/mol. The van der Waals surface area contributed by atoms with Crippen LogP contribution in [0.5, 0.6) is 5.75 Å². The van der Waals surface area contributed by atoms with Crippen LogP contribution in [0.1, 0.15) is 45.6 Å². The van der Waals surface area contributed by atoms with Crippen LogP contribution in [0.2, 0.25) is 0 Å². The van der Waals surface area contributed by atoms with E-state index >= 15 is 0 Å². The second-order valence-corrected chi connectivity index (χ2v) is 4.91. The van der Waals surface area contributed by atoms with Crippen molar-refractivity contribution in [3.05, 3.63) is 29.8 Å². The first-order valence-electron chi connectivity index (χ1n) is 6.26. The Morgan fingerprint density at radius 1 is 1.18 bits per heavy atom. The van der Waals surface area contributed by atoms with E-state index in [1.807, 2.05) is 32.0 Å². The van der Waals surface area contributed by atoms with Gasteiger partial charge in [-0.15, -0.1) is 0 Å². The maximum atomic E-state index is 11.5. The van der Waals surface area contributed by atoms with Gasteiger partial charge < -0.3 is 4.74 Å². The van der Waals surface area contributed by atoms with E-state index in [0.29, 0.717) is 18.9 Å². The normalized spacial score (nSPS) is 10.9. The fourth-order valence-electron chi connectivity index (χ4n) is 1.64. The number of carbonyl (C=O) groups is 1. The van der Waals surface area contributed by atoms with Crippen LogP contribution in [-0.4, -0.2) is 12.4 Å². The van der Waals surface area contributed by atoms with Gasteiger partial charge in [-0.1, -0.05) is 45.9 Å². The quantitative estimate of drug-likeness (QED) is 0.748. The van der Waals surface area contributed by atoms with E-state index in [-0.39, 0.29) is 11.7 Å². The molecule has 1 rings (SSSR count). The molecule has 17 heavy (non-hydrogen) atoms. The van der Waals surface area contributed by atoms with Gasteiger partial charge in [0, 0.05) is 12.3 Å². The van der Waals surface area contributed by atoms with Crippen LogP contribution in [0, 0.1) is 5.92 Å². The number of ketones is 1. The average molecular weight is 234 g/mol. The first-order chi connectivity index (χ1) is 8.02. The van der Waals surface area contributed by atoms with Crippen LogP contribution in [0.25, 0.3) is 0 Å². The minimum Gasteiger partial charge on any atom is -0.493 e. The van der Waals surface area contributed by atoms with Crippen LogP contribution in [0.3, 0.4) is 0 Å². The van der Waals surface area contributed by atoms with E-state index in [1.165, 1.54) is 5.56 Å². The molecule has 0 amide bonds. The molecule has 94 valence electrons. The zero-order valence-corrected chi connectivity index (χ0v) is 11.2. The Morgan fingerprint density at radius 2 is 1.82 bits per heavy atom. The third kappa shape index (κ3) is 4.22. The van der Waals surface area contributed by atoms with E-state index in [0.717, 1.165) is 5.75 Å². The molecule has 0 radical (unpaired) electrons. The Morgan fingerprint density at radius 3 is 2.41 bits per heavy atom. The maximum absolute atomic E-state index is 11.5. The summed E-state index contributed by atoms with van der Waals surface area (Å²) in [5.74, 6) is 1.69. The zero-order valence-electron chi connectivity index (χ0n) is 11.2. The van der Waals surface area contributed by atoms with Crippen molar-refractivity contribution < 1.29 is 9.53 Å². The molecule has 0 fully saturated rings. The largest absolute Gasteiger partial charge is 0.493 e. The molecule has 0 atom stereocenters. The summed E-state index contributed by atoms with van der Waals surface area (Å²) in [5, 5.41) is 0. The molecule has 0 aromatic heterocycles. The van der Waals surface area contributed by atoms with Crippen LogP contribution >= 0.6 is 0 Å². The highest BCUT2D eigenvalue weighted by Crippen LogP contribution is 2.25. The molecule has 0 aliphatic heterocycles. The standard InChI is InChI=1S/C15H22O2/c1-11(2)13-7-5-6-8-15(13)17-10-9-14(16)12(3)4/h5-8,11-12H,9-10H2,1-4H3. The van der Waals surface area contributed by atoms with E-state index in [9.17, 15) is 4.79 Å². The van der Waals surface area contributed by atoms with Gasteiger partial charge in [0.05, 0.1) is 6.61 Å². The van der Waals surface area contributed by atoms with Crippen molar-refractivity contribution >= 4 is 5.78 Å². The molecule has 0 aliphatic rings. The highest BCUT2D eigenvalue weighted by atomic mass is 16.5. The molecule has 0 saturated heterocycles. The van der Waals surface area contributed by atoms with Crippen molar-refractivity contribution in [1.29, 1.82) is 0 Å². The number of hydrogen-bond donors (Lipinski definition) is 0. The SMILES string of the molecule is CC(C)C(=O)CCOc1ccccc1C(C)C. The molecule has 0 heterocycles. The van der Waals surface area contributed by atoms with Gasteiger partial charge in [0.1, 0.15) is 11.5 Å². The molecule has 0 spiro atoms. The minimum absolute atomic E-state index is 0.0962. The second kappa shape index (κ2) is 6.43. The number of para-hydroxylation sites is 1. The Bertz CT molecular complexity index is 367. The summed E-state index contributed by atoms with van der Waals surface area (Å²) in [6.07, 6.45) is 0.490. The van der Waals surface area contributed by atoms with Gasteiger partial charge in [-0.05, 0) is 17.5 Å². The topological polar surface area (TPSA) is 26.3 Å². The van der Waals surface area contributed by atoms with Gasteiger partial charge in [0.25, 0.3) is 0 Å². The lowest BCUT2D eigenvalue weighted by molar-refractivity contribution is -0.122. The van der Waals surface area contributed by atoms with Gasteiger partial charge in [-0.3, -0.25) is 4.79 Å². The predicted octanol–water partition coefficient (Wildman–Crippen LogP) is 3.80. The average Bonchev–Trinajstić information content (AvgIpc) is 2.29. The van der Waals surface area contributed by atoms with E-state index < -0.39 is 0 Å². The third-order valence-corrected chi connectivity index (χ3v) is 2.79. The minimum atomic E-state index is 0.0962. The molecule has 2 heteroatoms. The summed E-state index contributed by atoms with van der Waals surface area (Å²) in [7, 11) is 0. The molecule has 1 aromatic carbocycles.